The number of rotatable bonds is 5. The van der Waals surface area contributed by atoms with E-state index in [9.17, 15) is 41.0 Å². The Morgan fingerprint density at radius 1 is 1.13 bits per heavy atom. The van der Waals surface area contributed by atoms with Crippen LogP contribution in [0.15, 0.2) is 18.2 Å². The third-order valence-corrected chi connectivity index (χ3v) is 8.56. The summed E-state index contributed by atoms with van der Waals surface area (Å²) >= 11 is 0.847. The van der Waals surface area contributed by atoms with Gasteiger partial charge in [-0.1, -0.05) is 18.2 Å². The molecule has 38 heavy (non-hydrogen) atoms. The van der Waals surface area contributed by atoms with E-state index in [4.69, 9.17) is 0 Å². The van der Waals surface area contributed by atoms with Crippen LogP contribution in [-0.4, -0.2) is 63.9 Å². The lowest BCUT2D eigenvalue weighted by molar-refractivity contribution is -0.297. The second kappa shape index (κ2) is 9.82. The zero-order valence-corrected chi connectivity index (χ0v) is 21.7. The lowest BCUT2D eigenvalue weighted by atomic mass is 9.79. The van der Waals surface area contributed by atoms with Crippen LogP contribution < -0.4 is 5.32 Å². The van der Waals surface area contributed by atoms with E-state index in [1.165, 1.54) is 6.92 Å². The molecule has 4 rings (SSSR count). The van der Waals surface area contributed by atoms with Crippen molar-refractivity contribution >= 4 is 23.2 Å². The van der Waals surface area contributed by atoms with Gasteiger partial charge < -0.3 is 15.3 Å². The van der Waals surface area contributed by atoms with Crippen LogP contribution in [-0.2, 0) is 5.41 Å². The summed E-state index contributed by atoms with van der Waals surface area (Å²) in [6, 6.07) is 2.34. The first-order valence-electron chi connectivity index (χ1n) is 12.1. The van der Waals surface area contributed by atoms with Crippen molar-refractivity contribution in [2.24, 2.45) is 0 Å². The van der Waals surface area contributed by atoms with Crippen molar-refractivity contribution in [2.75, 3.05) is 6.54 Å². The van der Waals surface area contributed by atoms with Crippen LogP contribution in [0.4, 0.5) is 26.3 Å². The molecule has 1 aliphatic heterocycles. The molecule has 0 radical (unpaired) electrons. The molecule has 0 unspecified atom stereocenters. The number of aromatic nitrogens is 1. The SMILES string of the molecule is Cc1cc(C(C)(C(F)(F)F)C(F)(F)F)ccc1-c1sc(C(=O)NC2CC(O)C2)nc1C(=O)N1CCC[C@@H]1C. The van der Waals surface area contributed by atoms with E-state index in [-0.39, 0.29) is 45.7 Å². The number of benzene rings is 1. The predicted molar refractivity (Wildman–Crippen MR) is 128 cm³/mol. The zero-order chi connectivity index (χ0) is 28.2. The molecule has 1 saturated heterocycles. The minimum atomic E-state index is -5.60. The van der Waals surface area contributed by atoms with Gasteiger partial charge in [0.2, 0.25) is 0 Å². The van der Waals surface area contributed by atoms with Gasteiger partial charge in [0.1, 0.15) is 5.69 Å². The van der Waals surface area contributed by atoms with E-state index in [1.807, 2.05) is 6.92 Å². The molecule has 1 atom stereocenters. The van der Waals surface area contributed by atoms with Crippen molar-refractivity contribution in [3.05, 3.63) is 40.0 Å². The molecule has 0 spiro atoms. The summed E-state index contributed by atoms with van der Waals surface area (Å²) in [5, 5.41) is 12.1. The van der Waals surface area contributed by atoms with Crippen LogP contribution in [0.2, 0.25) is 0 Å². The Morgan fingerprint density at radius 2 is 1.76 bits per heavy atom. The number of halogens is 6. The summed E-state index contributed by atoms with van der Waals surface area (Å²) in [6.07, 6.45) is -9.43. The van der Waals surface area contributed by atoms with Crippen molar-refractivity contribution in [1.82, 2.24) is 15.2 Å². The molecule has 13 heteroatoms. The fraction of sp³-hybridized carbons (Fsp3) is 0.560. The third kappa shape index (κ3) is 4.90. The highest BCUT2D eigenvalue weighted by atomic mass is 32.1. The Morgan fingerprint density at radius 3 is 2.26 bits per heavy atom. The third-order valence-electron chi connectivity index (χ3n) is 7.47. The van der Waals surface area contributed by atoms with Gasteiger partial charge >= 0.3 is 12.4 Å². The number of carbonyl (C=O) groups excluding carboxylic acids is 2. The van der Waals surface area contributed by atoms with Crippen molar-refractivity contribution in [1.29, 1.82) is 0 Å². The van der Waals surface area contributed by atoms with Gasteiger partial charge in [-0.3, -0.25) is 9.59 Å². The number of alkyl halides is 6. The Kier molecular flexibility index (Phi) is 7.32. The number of likely N-dealkylation sites (tertiary alicyclic amines) is 1. The van der Waals surface area contributed by atoms with Gasteiger partial charge in [-0.05, 0) is 63.1 Å². The molecule has 2 aromatic rings. The molecule has 2 aliphatic rings. The number of aryl methyl sites for hydroxylation is 1. The standard InChI is InChI=1S/C25H27F6N3O3S/c1-12-9-14(23(3,24(26,27)28)25(29,30)31)6-7-17(12)19-18(22(37)34-8-4-5-13(34)2)33-21(38-19)20(36)32-15-10-16(35)11-15/h6-7,9,13,15-16,35H,4-5,8,10-11H2,1-3H3,(H,32,36)/t13-,15?,16?/m0/s1. The topological polar surface area (TPSA) is 82.5 Å². The average molecular weight is 564 g/mol. The number of amides is 2. The summed E-state index contributed by atoms with van der Waals surface area (Å²) in [7, 11) is 0. The first kappa shape index (κ1) is 28.3. The van der Waals surface area contributed by atoms with Crippen molar-refractivity contribution in [2.45, 2.75) is 82.4 Å². The summed E-state index contributed by atoms with van der Waals surface area (Å²) in [5.74, 6) is -1.03. The van der Waals surface area contributed by atoms with E-state index in [0.717, 1.165) is 42.4 Å². The molecule has 2 N–H and O–H groups in total. The quantitative estimate of drug-likeness (QED) is 0.479. The summed E-state index contributed by atoms with van der Waals surface area (Å²) in [4.78, 5) is 32.3. The summed E-state index contributed by atoms with van der Waals surface area (Å²) in [5.41, 5.74) is -4.87. The fourth-order valence-corrected chi connectivity index (χ4v) is 5.84. The molecular weight excluding hydrogens is 536 g/mol. The van der Waals surface area contributed by atoms with Crippen LogP contribution >= 0.6 is 11.3 Å². The normalized spacial score (nSPS) is 22.4. The number of aliphatic hydroxyl groups is 1. The van der Waals surface area contributed by atoms with Gasteiger partial charge in [-0.15, -0.1) is 11.3 Å². The first-order chi connectivity index (χ1) is 17.5. The van der Waals surface area contributed by atoms with E-state index in [1.54, 1.807) is 4.90 Å². The van der Waals surface area contributed by atoms with Crippen molar-refractivity contribution in [3.63, 3.8) is 0 Å². The second-order valence-corrected chi connectivity index (χ2v) is 11.1. The lowest BCUT2D eigenvalue weighted by Gasteiger charge is -2.34. The molecule has 2 heterocycles. The Bertz CT molecular complexity index is 1220. The molecule has 1 aromatic carbocycles. The summed E-state index contributed by atoms with van der Waals surface area (Å²) in [6.45, 7) is 3.78. The molecule has 2 fully saturated rings. The largest absolute Gasteiger partial charge is 0.406 e. The van der Waals surface area contributed by atoms with E-state index < -0.39 is 41.2 Å². The smallest absolute Gasteiger partial charge is 0.393 e. The molecule has 6 nitrogen and oxygen atoms in total. The number of carbonyl (C=O) groups is 2. The van der Waals surface area contributed by atoms with Gasteiger partial charge in [0.05, 0.1) is 11.0 Å². The van der Waals surface area contributed by atoms with E-state index in [2.05, 4.69) is 10.3 Å². The van der Waals surface area contributed by atoms with Crippen LogP contribution in [0, 0.1) is 6.92 Å². The molecule has 0 bridgehead atoms. The molecule has 1 aromatic heterocycles. The maximum atomic E-state index is 13.6. The molecule has 1 saturated carbocycles. The Hall–Kier alpha value is -2.67. The van der Waals surface area contributed by atoms with Gasteiger partial charge in [0, 0.05) is 18.6 Å². The average Bonchev–Trinajstić information content (AvgIpc) is 3.42. The van der Waals surface area contributed by atoms with Gasteiger partial charge in [-0.2, -0.15) is 26.3 Å². The number of aliphatic hydroxyl groups excluding tert-OH is 1. The van der Waals surface area contributed by atoms with E-state index >= 15 is 0 Å². The zero-order valence-electron chi connectivity index (χ0n) is 20.8. The highest BCUT2D eigenvalue weighted by molar-refractivity contribution is 7.17. The van der Waals surface area contributed by atoms with Crippen molar-refractivity contribution in [3.8, 4) is 10.4 Å². The predicted octanol–water partition coefficient (Wildman–Crippen LogP) is 5.38. The molecule has 208 valence electrons. The number of hydrogen-bond donors (Lipinski definition) is 2. The maximum Gasteiger partial charge on any atom is 0.406 e. The number of thiazole rings is 1. The fourth-order valence-electron chi connectivity index (χ4n) is 4.79. The highest BCUT2D eigenvalue weighted by Gasteiger charge is 2.68. The molecule has 2 amide bonds. The first-order valence-corrected chi connectivity index (χ1v) is 12.9. The van der Waals surface area contributed by atoms with Crippen LogP contribution in [0.3, 0.4) is 0 Å². The van der Waals surface area contributed by atoms with E-state index in [0.29, 0.717) is 19.4 Å². The lowest BCUT2D eigenvalue weighted by Crippen LogP contribution is -2.51. The Balaban J connectivity index is 1.77. The summed E-state index contributed by atoms with van der Waals surface area (Å²) < 4.78 is 81.8. The van der Waals surface area contributed by atoms with Crippen LogP contribution in [0.5, 0.6) is 0 Å². The van der Waals surface area contributed by atoms with Crippen LogP contribution in [0.25, 0.3) is 10.4 Å². The van der Waals surface area contributed by atoms with Gasteiger partial charge in [-0.25, -0.2) is 4.98 Å². The molecular formula is C25H27F6N3O3S. The minimum Gasteiger partial charge on any atom is -0.393 e. The monoisotopic (exact) mass is 563 g/mol. The highest BCUT2D eigenvalue weighted by Crippen LogP contribution is 2.52. The Labute approximate surface area is 219 Å². The minimum absolute atomic E-state index is 0.0597. The van der Waals surface area contributed by atoms with Gasteiger partial charge in [0.25, 0.3) is 11.8 Å². The molecule has 1 aliphatic carbocycles. The second-order valence-electron chi connectivity index (χ2n) is 10.1. The maximum absolute atomic E-state index is 13.6. The number of nitrogens with one attached hydrogen (secondary N) is 1. The van der Waals surface area contributed by atoms with Gasteiger partial charge in [0.15, 0.2) is 10.4 Å². The van der Waals surface area contributed by atoms with Crippen LogP contribution in [0.1, 0.15) is 70.9 Å². The number of hydrogen-bond acceptors (Lipinski definition) is 5. The van der Waals surface area contributed by atoms with Crippen molar-refractivity contribution < 1.29 is 41.0 Å². The number of nitrogens with zero attached hydrogens (tertiary/aromatic N) is 2.